The molecule has 7 heterocycles. The molecule has 16 heteroatoms. The maximum atomic E-state index is 14.2. The van der Waals surface area contributed by atoms with Gasteiger partial charge < -0.3 is 45.4 Å². The molecule has 4 atom stereocenters. The molecule has 1 aliphatic carbocycles. The molecule has 10 rings (SSSR count). The average Bonchev–Trinajstić information content (AvgIpc) is 3.92. The molecule has 2 aromatic carbocycles. The minimum Gasteiger partial charge on any atom is -0.507 e. The SMILES string of the molecule is C=CCCc1ccc(CNC(=O)[C@@H]2C[C@@H](O)CN2C(=O)[C@@H](NC(=O)N2CC3(CC(N4CCC(c5cnc(N6CCc7[nH]c8nnc(-c9ccccc9O)cc8c7[C@H]6C)nc5)CC4)C3)C2)C(C)(C)C)cc1. The van der Waals surface area contributed by atoms with Gasteiger partial charge in [0, 0.05) is 91.6 Å². The van der Waals surface area contributed by atoms with Gasteiger partial charge in [0.2, 0.25) is 17.8 Å². The highest BCUT2D eigenvalue weighted by Gasteiger charge is 2.56. The van der Waals surface area contributed by atoms with Crippen molar-refractivity contribution in [1.29, 1.82) is 0 Å². The van der Waals surface area contributed by atoms with Crippen LogP contribution in [0, 0.1) is 10.8 Å². The number of hydrogen-bond acceptors (Lipinski definition) is 11. The largest absolute Gasteiger partial charge is 0.507 e. The van der Waals surface area contributed by atoms with Crippen molar-refractivity contribution in [1.82, 2.24) is 50.5 Å². The zero-order chi connectivity index (χ0) is 48.9. The van der Waals surface area contributed by atoms with Gasteiger partial charge in [-0.2, -0.15) is 0 Å². The summed E-state index contributed by atoms with van der Waals surface area (Å²) in [5, 5.41) is 37.1. The normalized spacial score (nSPS) is 22.1. The fourth-order valence-electron chi connectivity index (χ4n) is 11.8. The quantitative estimate of drug-likeness (QED) is 0.0868. The molecule has 0 radical (unpaired) electrons. The van der Waals surface area contributed by atoms with E-state index >= 15 is 0 Å². The van der Waals surface area contributed by atoms with E-state index in [0.717, 1.165) is 92.4 Å². The number of aromatic nitrogens is 5. The number of aromatic amines is 1. The third kappa shape index (κ3) is 9.35. The van der Waals surface area contributed by atoms with Crippen molar-refractivity contribution in [2.45, 2.75) is 122 Å². The summed E-state index contributed by atoms with van der Waals surface area (Å²) in [4.78, 5) is 63.0. The van der Waals surface area contributed by atoms with E-state index in [1.807, 2.05) is 86.6 Å². The lowest BCUT2D eigenvalue weighted by Gasteiger charge is -2.61. The molecule has 4 aliphatic heterocycles. The molecule has 16 nitrogen and oxygen atoms in total. The maximum absolute atomic E-state index is 14.2. The number of aryl methyl sites for hydroxylation is 1. The summed E-state index contributed by atoms with van der Waals surface area (Å²) in [5.74, 6) is 0.619. The number of para-hydroxylation sites is 1. The van der Waals surface area contributed by atoms with Gasteiger partial charge in [0.25, 0.3) is 0 Å². The molecule has 5 aliphatic rings. The number of anilines is 1. The number of aromatic hydroxyl groups is 1. The fourth-order valence-corrected chi connectivity index (χ4v) is 11.8. The number of allylic oxidation sites excluding steroid dienone is 1. The number of likely N-dealkylation sites (tertiary alicyclic amines) is 3. The molecular formula is C54H67N11O5. The van der Waals surface area contributed by atoms with Crippen molar-refractivity contribution in [3.8, 4) is 17.0 Å². The van der Waals surface area contributed by atoms with Gasteiger partial charge in [-0.05, 0) is 105 Å². The van der Waals surface area contributed by atoms with Crippen molar-refractivity contribution in [2.24, 2.45) is 10.8 Å². The topological polar surface area (TPSA) is 196 Å². The smallest absolute Gasteiger partial charge is 0.318 e. The van der Waals surface area contributed by atoms with Crippen LogP contribution in [-0.2, 0) is 29.0 Å². The van der Waals surface area contributed by atoms with E-state index in [-0.39, 0.29) is 48.0 Å². The number of amides is 4. The number of aliphatic hydroxyl groups is 1. The summed E-state index contributed by atoms with van der Waals surface area (Å²) in [5.41, 5.74) is 7.13. The minimum atomic E-state index is -0.874. The molecule has 0 unspecified atom stereocenters. The summed E-state index contributed by atoms with van der Waals surface area (Å²) in [6.45, 7) is 16.2. The van der Waals surface area contributed by atoms with Crippen LogP contribution in [0.2, 0.25) is 0 Å². The minimum absolute atomic E-state index is 0.0125. The van der Waals surface area contributed by atoms with Crippen molar-refractivity contribution in [2.75, 3.05) is 44.2 Å². The molecular weight excluding hydrogens is 883 g/mol. The second-order valence-electron chi connectivity index (χ2n) is 21.7. The average molecular weight is 950 g/mol. The first-order valence-electron chi connectivity index (χ1n) is 25.2. The van der Waals surface area contributed by atoms with Crippen LogP contribution in [0.5, 0.6) is 5.75 Å². The third-order valence-electron chi connectivity index (χ3n) is 15.8. The number of rotatable bonds is 12. The molecule has 368 valence electrons. The number of carbonyl (C=O) groups is 3. The second kappa shape index (κ2) is 19.1. The lowest BCUT2D eigenvalue weighted by molar-refractivity contribution is -0.142. The van der Waals surface area contributed by atoms with Crippen LogP contribution in [0.4, 0.5) is 10.7 Å². The van der Waals surface area contributed by atoms with E-state index in [0.29, 0.717) is 48.8 Å². The van der Waals surface area contributed by atoms with Crippen LogP contribution < -0.4 is 15.5 Å². The number of nitrogens with one attached hydrogen (secondary N) is 3. The molecule has 4 amide bonds. The zero-order valence-electron chi connectivity index (χ0n) is 40.9. The number of phenols is 1. The second-order valence-corrected chi connectivity index (χ2v) is 21.7. The van der Waals surface area contributed by atoms with E-state index in [1.165, 1.54) is 16.0 Å². The third-order valence-corrected chi connectivity index (χ3v) is 15.8. The van der Waals surface area contributed by atoms with Crippen LogP contribution in [-0.4, -0.2) is 131 Å². The van der Waals surface area contributed by atoms with Crippen LogP contribution >= 0.6 is 0 Å². The lowest BCUT2D eigenvalue weighted by atomic mass is 9.60. The predicted octanol–water partition coefficient (Wildman–Crippen LogP) is 6.41. The van der Waals surface area contributed by atoms with Crippen molar-refractivity contribution in [3.05, 3.63) is 108 Å². The zero-order valence-corrected chi connectivity index (χ0v) is 40.9. The Morgan fingerprint density at radius 1 is 0.986 bits per heavy atom. The first-order valence-corrected chi connectivity index (χ1v) is 25.2. The molecule has 1 saturated carbocycles. The molecule has 3 saturated heterocycles. The molecule has 3 aromatic heterocycles. The Balaban J connectivity index is 0.687. The molecule has 1 spiro atoms. The van der Waals surface area contributed by atoms with Gasteiger partial charge >= 0.3 is 6.03 Å². The van der Waals surface area contributed by atoms with E-state index in [2.05, 4.69) is 49.1 Å². The van der Waals surface area contributed by atoms with Gasteiger partial charge in [-0.3, -0.25) is 9.59 Å². The predicted molar refractivity (Wildman–Crippen MR) is 268 cm³/mol. The molecule has 70 heavy (non-hydrogen) atoms. The Morgan fingerprint density at radius 3 is 2.40 bits per heavy atom. The number of urea groups is 1. The number of nitrogens with zero attached hydrogens (tertiary/aromatic N) is 8. The molecule has 4 fully saturated rings. The van der Waals surface area contributed by atoms with E-state index < -0.39 is 23.6 Å². The summed E-state index contributed by atoms with van der Waals surface area (Å²) < 4.78 is 0. The number of carbonyl (C=O) groups excluding carboxylic acids is 3. The van der Waals surface area contributed by atoms with Gasteiger partial charge in [0.1, 0.15) is 17.8 Å². The van der Waals surface area contributed by atoms with E-state index in [1.54, 1.807) is 12.1 Å². The fraction of sp³-hybridized carbons (Fsp3) is 0.500. The number of benzene rings is 2. The van der Waals surface area contributed by atoms with Gasteiger partial charge in [-0.1, -0.05) is 63.2 Å². The van der Waals surface area contributed by atoms with Crippen LogP contribution in [0.3, 0.4) is 0 Å². The summed E-state index contributed by atoms with van der Waals surface area (Å²) in [7, 11) is 0. The summed E-state index contributed by atoms with van der Waals surface area (Å²) in [6.07, 6.45) is 12.1. The number of phenolic OH excluding ortho intramolecular Hbond substituents is 1. The van der Waals surface area contributed by atoms with Gasteiger partial charge in [0.15, 0.2) is 5.65 Å². The van der Waals surface area contributed by atoms with E-state index in [9.17, 15) is 24.6 Å². The Bertz CT molecular complexity index is 2730. The molecule has 0 bridgehead atoms. The number of H-pyrrole nitrogens is 1. The summed E-state index contributed by atoms with van der Waals surface area (Å²) in [6, 6.07) is 15.8. The first-order chi connectivity index (χ1) is 33.7. The summed E-state index contributed by atoms with van der Waals surface area (Å²) >= 11 is 0. The van der Waals surface area contributed by atoms with Crippen LogP contribution in [0.1, 0.15) is 106 Å². The van der Waals surface area contributed by atoms with Gasteiger partial charge in [-0.15, -0.1) is 16.8 Å². The number of aliphatic hydroxyl groups excluding tert-OH is 1. The van der Waals surface area contributed by atoms with Crippen LogP contribution in [0.15, 0.2) is 79.6 Å². The van der Waals surface area contributed by atoms with E-state index in [4.69, 9.17) is 9.97 Å². The highest BCUT2D eigenvalue weighted by molar-refractivity contribution is 5.93. The Kier molecular flexibility index (Phi) is 12.9. The number of fused-ring (bicyclic) bond motifs is 3. The maximum Gasteiger partial charge on any atom is 0.318 e. The standard InChI is InChI=1S/C54H67N11O5/c1-6-7-10-34-13-15-35(16-14-34)27-55-49(68)44-23-39(66)30-65(44)50(69)47(53(3,4)5)59-52(70)63-31-54(32-63)25-38(26-54)62-20-17-36(18-21-62)37-28-56-51(57-29-37)64-22-19-42-46(33(64)2)41-24-43(60-61-48(41)58-42)40-11-8-9-12-45(40)67/h6,8-9,11-16,24,28-29,33,36,38-39,44,47,66-67H,1,7,10,17-23,25-27,30-32H2,2-5H3,(H,55,68)(H,58,61)(H,59,70)/t33-,39-,44+,47-/m1/s1. The molecule has 5 N–H and O–H groups in total. The van der Waals surface area contributed by atoms with Gasteiger partial charge in [-0.25, -0.2) is 14.8 Å². The van der Waals surface area contributed by atoms with Crippen molar-refractivity contribution in [3.63, 3.8) is 0 Å². The Morgan fingerprint density at radius 2 is 1.70 bits per heavy atom. The molecule has 5 aromatic rings. The van der Waals surface area contributed by atoms with Crippen LogP contribution in [0.25, 0.3) is 22.3 Å². The highest BCUT2D eigenvalue weighted by atomic mass is 16.3. The Labute approximate surface area is 410 Å². The lowest BCUT2D eigenvalue weighted by Crippen LogP contribution is -2.70. The number of hydrogen-bond donors (Lipinski definition) is 5. The highest BCUT2D eigenvalue weighted by Crippen LogP contribution is 2.51. The van der Waals surface area contributed by atoms with Crippen molar-refractivity contribution >= 4 is 34.8 Å². The number of piperidine rings is 1. The monoisotopic (exact) mass is 950 g/mol. The van der Waals surface area contributed by atoms with Crippen molar-refractivity contribution < 1.29 is 24.6 Å². The van der Waals surface area contributed by atoms with Gasteiger partial charge in [0.05, 0.1) is 17.8 Å². The number of β-amino-alcohol motifs (C(OH)–C–C–N with tert-alkyl or cyclic N) is 1. The Hall–Kier alpha value is -6.39. The first kappa shape index (κ1) is 47.3.